The van der Waals surface area contributed by atoms with Gasteiger partial charge >= 0.3 is 197 Å². The summed E-state index contributed by atoms with van der Waals surface area (Å²) in [7, 11) is 0. The first-order valence-corrected chi connectivity index (χ1v) is 31.2. The molecular weight excluding hydrogens is 897 g/mol. The molecule has 2 N–H and O–H groups in total. The van der Waals surface area contributed by atoms with Crippen LogP contribution in [0.4, 0.5) is 0 Å². The molecule has 0 unspecified atom stereocenters. The Bertz CT molecular complexity index is 884. The van der Waals surface area contributed by atoms with Crippen LogP contribution >= 0.6 is 22.6 Å². The van der Waals surface area contributed by atoms with Crippen molar-refractivity contribution < 1.29 is 19.8 Å². The van der Waals surface area contributed by atoms with Gasteiger partial charge in [-0.25, -0.2) is 9.59 Å². The van der Waals surface area contributed by atoms with Crippen LogP contribution < -0.4 is 0 Å². The predicted octanol–water partition coefficient (Wildman–Crippen LogP) is 13.4. The number of hydrogen-bond acceptors (Lipinski definition) is 2. The van der Waals surface area contributed by atoms with E-state index in [0.29, 0.717) is 11.1 Å². The van der Waals surface area contributed by atoms with E-state index in [2.05, 4.69) is 64.1 Å². The molecule has 0 saturated heterocycles. The van der Waals surface area contributed by atoms with E-state index in [1.807, 2.05) is 19.1 Å². The molecule has 0 bridgehead atoms. The van der Waals surface area contributed by atoms with Gasteiger partial charge in [0.05, 0.1) is 11.1 Å². The van der Waals surface area contributed by atoms with E-state index in [-0.39, 0.29) is 0 Å². The Labute approximate surface area is 311 Å². The first kappa shape index (κ1) is 47.8. The molecule has 2 radical (unpaired) electrons. The van der Waals surface area contributed by atoms with Crippen LogP contribution in [0.25, 0.3) is 0 Å². The van der Waals surface area contributed by atoms with Crippen molar-refractivity contribution in [2.24, 2.45) is 0 Å². The predicted molar refractivity (Wildman–Crippen MR) is 214 cm³/mol. The van der Waals surface area contributed by atoms with Crippen molar-refractivity contribution in [3.8, 4) is 0 Å². The average Bonchev–Trinajstić information content (AvgIpc) is 3.05. The first-order valence-electron chi connectivity index (χ1n) is 18.1. The zero-order chi connectivity index (χ0) is 35.0. The summed E-state index contributed by atoms with van der Waals surface area (Å²) in [5.74, 6) is -1.75. The number of rotatable bonds is 20. The maximum Gasteiger partial charge on any atom is 0.335 e. The molecule has 2 aromatic rings. The SMILES string of the molecule is CCC[CH2][Sn]([CH2]CCC)[CH2]CCC.CCC[CH2][Sn]([CH2]CCC)[CH2]CCC.Cc1cccc(C(=O)O)c1.O=C(O)c1cccc(I)c1. The van der Waals surface area contributed by atoms with Gasteiger partial charge in [0.1, 0.15) is 0 Å². The van der Waals surface area contributed by atoms with E-state index >= 15 is 0 Å². The van der Waals surface area contributed by atoms with Crippen LogP contribution in [0.5, 0.6) is 0 Å². The van der Waals surface area contributed by atoms with Gasteiger partial charge in [0.15, 0.2) is 0 Å². The molecule has 0 aromatic heterocycles. The first-order chi connectivity index (χ1) is 22.1. The molecule has 46 heavy (non-hydrogen) atoms. The van der Waals surface area contributed by atoms with Gasteiger partial charge < -0.3 is 10.2 Å². The van der Waals surface area contributed by atoms with Crippen molar-refractivity contribution >= 4 is 74.0 Å². The fourth-order valence-corrected chi connectivity index (χ4v) is 24.2. The summed E-state index contributed by atoms with van der Waals surface area (Å²) in [5.41, 5.74) is 1.66. The van der Waals surface area contributed by atoms with E-state index in [1.165, 1.54) is 77.0 Å². The Morgan fingerprint density at radius 1 is 0.543 bits per heavy atom. The second-order valence-corrected chi connectivity index (χ2v) is 30.5. The molecule has 0 saturated carbocycles. The number of carbonyl (C=O) groups is 2. The van der Waals surface area contributed by atoms with Gasteiger partial charge in [0.25, 0.3) is 0 Å². The normalized spacial score (nSPS) is 10.3. The number of aromatic carboxylic acids is 2. The van der Waals surface area contributed by atoms with Gasteiger partial charge in [-0.2, -0.15) is 0 Å². The summed E-state index contributed by atoms with van der Waals surface area (Å²) in [4.78, 5) is 20.7. The third-order valence-electron chi connectivity index (χ3n) is 7.64. The van der Waals surface area contributed by atoms with E-state index in [0.717, 1.165) is 9.13 Å². The number of hydrogen-bond donors (Lipinski definition) is 2. The Balaban J connectivity index is 0. The second kappa shape index (κ2) is 34.6. The van der Waals surface area contributed by atoms with E-state index < -0.39 is 51.5 Å². The molecule has 0 atom stereocenters. The van der Waals surface area contributed by atoms with Crippen LogP contribution in [0.2, 0.25) is 26.6 Å². The van der Waals surface area contributed by atoms with Crippen LogP contribution in [0.1, 0.15) is 145 Å². The summed E-state index contributed by atoms with van der Waals surface area (Å²) < 4.78 is 11.0. The number of benzene rings is 2. The molecule has 0 spiro atoms. The van der Waals surface area contributed by atoms with E-state index in [4.69, 9.17) is 10.2 Å². The Kier molecular flexibility index (Phi) is 35.9. The summed E-state index contributed by atoms with van der Waals surface area (Å²) in [5, 5.41) is 17.0. The molecular formula is C39H67IO4Sn2. The summed E-state index contributed by atoms with van der Waals surface area (Å²) in [6.07, 6.45) is 17.7. The fourth-order valence-electron chi connectivity index (χ4n) is 4.71. The van der Waals surface area contributed by atoms with Gasteiger partial charge in [-0.3, -0.25) is 0 Å². The smallest absolute Gasteiger partial charge is 0.335 e. The van der Waals surface area contributed by atoms with Gasteiger partial charge in [-0.05, 0) is 59.8 Å². The second-order valence-electron chi connectivity index (χ2n) is 12.1. The summed E-state index contributed by atoms with van der Waals surface area (Å²) >= 11 is 0.397. The zero-order valence-electron chi connectivity index (χ0n) is 30.4. The third-order valence-corrected chi connectivity index (χ3v) is 26.5. The Morgan fingerprint density at radius 3 is 1.07 bits per heavy atom. The van der Waals surface area contributed by atoms with Crippen LogP contribution in [0, 0.1) is 10.5 Å². The molecule has 0 amide bonds. The maximum atomic E-state index is 10.4. The molecule has 262 valence electrons. The fraction of sp³-hybridized carbons (Fsp3) is 0.641. The summed E-state index contributed by atoms with van der Waals surface area (Å²) in [6, 6.07) is 13.6. The molecule has 0 aliphatic heterocycles. The van der Waals surface area contributed by atoms with Crippen molar-refractivity contribution in [1.82, 2.24) is 0 Å². The largest absolute Gasteiger partial charge is 0.478 e. The minimum Gasteiger partial charge on any atom is -0.478 e. The maximum absolute atomic E-state index is 10.4. The molecule has 2 rings (SSSR count). The summed E-state index contributed by atoms with van der Waals surface area (Å²) in [6.45, 7) is 15.9. The standard InChI is InChI=1S/C8H8O2.C7H5IO2.6C4H9.2Sn/c1-6-3-2-4-7(5-6)8(9)10;8-6-3-1-2-5(4-6)7(9)10;6*1-3-4-2;;/h2-5H,1H3,(H,9,10);1-4H,(H,9,10);6*1,3-4H2,2H3;;. The number of carboxylic acid groups (broad SMARTS) is 2. The molecule has 0 fully saturated rings. The zero-order valence-corrected chi connectivity index (χ0v) is 38.3. The number of unbranched alkanes of at least 4 members (excludes halogenated alkanes) is 6. The topological polar surface area (TPSA) is 74.6 Å². The van der Waals surface area contributed by atoms with Crippen LogP contribution in [-0.4, -0.2) is 61.7 Å². The Hall–Kier alpha value is -0.293. The molecule has 0 heterocycles. The van der Waals surface area contributed by atoms with Crippen LogP contribution in [0.15, 0.2) is 48.5 Å². The molecule has 0 aliphatic carbocycles. The minimum absolute atomic E-state index is 0.340. The monoisotopic (exact) mass is 966 g/mol. The quantitative estimate of drug-likeness (QED) is 0.102. The number of aryl methyl sites for hydroxylation is 1. The Morgan fingerprint density at radius 2 is 0.848 bits per heavy atom. The van der Waals surface area contributed by atoms with E-state index in [1.54, 1.807) is 63.0 Å². The van der Waals surface area contributed by atoms with Crippen molar-refractivity contribution in [2.45, 2.75) is 152 Å². The van der Waals surface area contributed by atoms with Crippen LogP contribution in [0.3, 0.4) is 0 Å². The average molecular weight is 964 g/mol. The molecule has 2 aromatic carbocycles. The van der Waals surface area contributed by atoms with Crippen molar-refractivity contribution in [3.05, 3.63) is 68.8 Å². The van der Waals surface area contributed by atoms with Crippen molar-refractivity contribution in [3.63, 3.8) is 0 Å². The van der Waals surface area contributed by atoms with Gasteiger partial charge in [-0.15, -0.1) is 0 Å². The van der Waals surface area contributed by atoms with Gasteiger partial charge in [0.2, 0.25) is 0 Å². The number of halogens is 1. The van der Waals surface area contributed by atoms with Gasteiger partial charge in [-0.1, -0.05) is 23.8 Å². The van der Waals surface area contributed by atoms with Gasteiger partial charge in [0, 0.05) is 3.57 Å². The molecule has 7 heteroatoms. The van der Waals surface area contributed by atoms with Crippen LogP contribution in [-0.2, 0) is 0 Å². The molecule has 4 nitrogen and oxygen atoms in total. The van der Waals surface area contributed by atoms with E-state index in [9.17, 15) is 9.59 Å². The molecule has 0 aliphatic rings. The number of carboxylic acids is 2. The van der Waals surface area contributed by atoms with Crippen molar-refractivity contribution in [2.75, 3.05) is 0 Å². The van der Waals surface area contributed by atoms with Crippen molar-refractivity contribution in [1.29, 1.82) is 0 Å². The third kappa shape index (κ3) is 29.8. The minimum atomic E-state index is -0.876.